The standard InChI is InChI=1S/C37H54N2.2C26H53.Pd/c1-5-8-11-13-15-17-21-31-23-19-25-33(28-31)36-30(4)35(27-10-7-3)37(39(36)38)34-26-20-24-32(29-34)22-18-16-14-12-9-6-2;2*1-3-5-7-9-11-13-15-17-19-21-23-25-26-24-22-20-18-16-14-12-10-8-6-4-2;/h19-20,23-26,28-29H,5-18,21-22,27H2,1-4H3;2*1,3-26H2,2H3;/q;2*-1;+2. The van der Waals surface area contributed by atoms with E-state index in [-0.39, 0.29) is 20.4 Å². The van der Waals surface area contributed by atoms with Gasteiger partial charge in [0.1, 0.15) is 0 Å². The summed E-state index contributed by atoms with van der Waals surface area (Å²) in [7, 11) is 0. The number of benzene rings is 2. The zero-order valence-corrected chi connectivity index (χ0v) is 64.8. The molecule has 0 fully saturated rings. The van der Waals surface area contributed by atoms with Crippen molar-refractivity contribution in [1.82, 2.24) is 0 Å². The topological polar surface area (TPSA) is 25.3 Å². The maximum Gasteiger partial charge on any atom is 2.00 e. The summed E-state index contributed by atoms with van der Waals surface area (Å²) in [5.41, 5.74) is 21.2. The van der Waals surface area contributed by atoms with Crippen molar-refractivity contribution in [1.29, 1.82) is 0 Å². The van der Waals surface area contributed by atoms with Crippen molar-refractivity contribution >= 4 is 11.4 Å². The molecule has 0 spiro atoms. The summed E-state index contributed by atoms with van der Waals surface area (Å²) in [6.07, 6.45) is 90.9. The van der Waals surface area contributed by atoms with E-state index in [1.807, 2.05) is 0 Å². The predicted octanol–water partition coefficient (Wildman–Crippen LogP) is 32.3. The molecule has 0 atom stereocenters. The number of hydrogen-bond donors (Lipinski definition) is 0. The fraction of sp³-hybridized carbons (Fsp3) is 0.798. The molecule has 92 heavy (non-hydrogen) atoms. The Morgan fingerprint density at radius 2 is 0.489 bits per heavy atom. The van der Waals surface area contributed by atoms with E-state index in [1.54, 1.807) is 0 Å². The van der Waals surface area contributed by atoms with Crippen LogP contribution in [0.5, 0.6) is 0 Å². The maximum atomic E-state index is 11.7. The first-order valence-electron chi connectivity index (χ1n) is 41.6. The first-order chi connectivity index (χ1) is 44.9. The van der Waals surface area contributed by atoms with E-state index in [4.69, 9.17) is 0 Å². The van der Waals surface area contributed by atoms with E-state index in [0.29, 0.717) is 0 Å². The molecule has 536 valence electrons. The summed E-state index contributed by atoms with van der Waals surface area (Å²) >= 11 is 0. The SMILES string of the molecule is CCCCCCCCc1cccc(C2=C(C)C(CCCC)=C(c3cccc(CCCCCCCC)c3)[N+]2=[N-])c1.[CH2-]CCCCCCCCCCCCCCCCCCCCCCCCC.[CH2-]CCCCCCCCCCCCCCCCCCCCCCCCC.[Pd+2]. The quantitative estimate of drug-likeness (QED) is 0.0273. The normalized spacial score (nSPS) is 12.2. The van der Waals surface area contributed by atoms with Crippen molar-refractivity contribution in [2.24, 2.45) is 0 Å². The maximum absolute atomic E-state index is 11.7. The van der Waals surface area contributed by atoms with Crippen LogP contribution in [-0.2, 0) is 33.3 Å². The molecule has 3 heteroatoms. The van der Waals surface area contributed by atoms with Crippen LogP contribution in [0.1, 0.15) is 468 Å². The molecule has 1 aliphatic heterocycles. The predicted molar refractivity (Wildman–Crippen MR) is 413 cm³/mol. The molecule has 1 heterocycles. The van der Waals surface area contributed by atoms with Gasteiger partial charge >= 0.3 is 20.4 Å². The second-order valence-corrected chi connectivity index (χ2v) is 28.9. The van der Waals surface area contributed by atoms with E-state index in [0.717, 1.165) is 67.5 Å². The number of aryl methyl sites for hydroxylation is 2. The van der Waals surface area contributed by atoms with Crippen LogP contribution in [0.25, 0.3) is 16.9 Å². The molecular weight excluding hydrogens is 1200 g/mol. The van der Waals surface area contributed by atoms with E-state index >= 15 is 0 Å². The van der Waals surface area contributed by atoms with Gasteiger partial charge in [-0.3, -0.25) is 0 Å². The van der Waals surface area contributed by atoms with Crippen molar-refractivity contribution < 1.29 is 25.1 Å². The second-order valence-electron chi connectivity index (χ2n) is 28.9. The molecule has 0 aromatic heterocycles. The summed E-state index contributed by atoms with van der Waals surface area (Å²) < 4.78 is 1.51. The second kappa shape index (κ2) is 71.9. The summed E-state index contributed by atoms with van der Waals surface area (Å²) in [6, 6.07) is 17.8. The number of nitrogens with zero attached hydrogens (tertiary/aromatic N) is 2. The summed E-state index contributed by atoms with van der Waals surface area (Å²) in [5, 5.41) is 0. The smallest absolute Gasteiger partial charge is 0.493 e. The average Bonchev–Trinajstić information content (AvgIpc) is 1.62. The molecule has 0 unspecified atom stereocenters. The van der Waals surface area contributed by atoms with Crippen LogP contribution in [0, 0.1) is 13.8 Å². The van der Waals surface area contributed by atoms with Crippen LogP contribution in [0.2, 0.25) is 0 Å². The summed E-state index contributed by atoms with van der Waals surface area (Å²) in [4.78, 5) is 0. The van der Waals surface area contributed by atoms with Crippen LogP contribution in [0.15, 0.2) is 59.7 Å². The fourth-order valence-corrected chi connectivity index (χ4v) is 13.9. The first-order valence-corrected chi connectivity index (χ1v) is 41.6. The van der Waals surface area contributed by atoms with Gasteiger partial charge in [-0.1, -0.05) is 425 Å². The van der Waals surface area contributed by atoms with Gasteiger partial charge in [-0.15, -0.1) is 0 Å². The molecule has 1 aliphatic rings. The molecule has 0 radical (unpaired) electrons. The minimum atomic E-state index is 0. The zero-order valence-electron chi connectivity index (χ0n) is 63.2. The Balaban J connectivity index is 0.00000139. The van der Waals surface area contributed by atoms with Crippen molar-refractivity contribution in [3.63, 3.8) is 0 Å². The van der Waals surface area contributed by atoms with E-state index in [9.17, 15) is 5.53 Å². The van der Waals surface area contributed by atoms with Crippen LogP contribution in [0.4, 0.5) is 0 Å². The van der Waals surface area contributed by atoms with Crippen LogP contribution in [-0.4, -0.2) is 4.70 Å². The van der Waals surface area contributed by atoms with Gasteiger partial charge in [-0.05, 0) is 80.8 Å². The van der Waals surface area contributed by atoms with Gasteiger partial charge in [0.2, 0.25) is 11.4 Å². The Morgan fingerprint density at radius 1 is 0.272 bits per heavy atom. The Kier molecular flexibility index (Phi) is 70.5. The van der Waals surface area contributed by atoms with Crippen LogP contribution < -0.4 is 0 Å². The van der Waals surface area contributed by atoms with Gasteiger partial charge in [0.15, 0.2) is 0 Å². The number of hydrogen-bond acceptors (Lipinski definition) is 0. The molecule has 2 aromatic carbocycles. The number of allylic oxidation sites excluding steroid dienone is 2. The van der Waals surface area contributed by atoms with Crippen molar-refractivity contribution in [3.8, 4) is 0 Å². The Labute approximate surface area is 592 Å². The number of unbranched alkanes of at least 4 members (excludes halogenated alkanes) is 57. The molecule has 0 aliphatic carbocycles. The molecule has 0 bridgehead atoms. The third-order valence-electron chi connectivity index (χ3n) is 20.0. The van der Waals surface area contributed by atoms with E-state index in [1.165, 1.54) is 399 Å². The van der Waals surface area contributed by atoms with Gasteiger partial charge < -0.3 is 19.4 Å². The van der Waals surface area contributed by atoms with Crippen LogP contribution >= 0.6 is 0 Å². The molecule has 0 amide bonds. The third kappa shape index (κ3) is 53.3. The molecule has 0 N–H and O–H groups in total. The van der Waals surface area contributed by atoms with Gasteiger partial charge in [0.05, 0.1) is 0 Å². The zero-order chi connectivity index (χ0) is 65.8. The first kappa shape index (κ1) is 90.2. The summed E-state index contributed by atoms with van der Waals surface area (Å²) in [6.45, 7) is 21.4. The van der Waals surface area contributed by atoms with Crippen LogP contribution in [0.3, 0.4) is 0 Å². The van der Waals surface area contributed by atoms with Gasteiger partial charge in [0.25, 0.3) is 0 Å². The molecule has 0 saturated heterocycles. The third-order valence-corrected chi connectivity index (χ3v) is 20.0. The van der Waals surface area contributed by atoms with Crippen molar-refractivity contribution in [2.45, 2.75) is 459 Å². The van der Waals surface area contributed by atoms with Gasteiger partial charge in [-0.2, -0.15) is 12.8 Å². The van der Waals surface area contributed by atoms with Crippen molar-refractivity contribution in [3.05, 3.63) is 101 Å². The molecular formula is C89H160N2Pd. The minimum Gasteiger partial charge on any atom is -0.493 e. The summed E-state index contributed by atoms with van der Waals surface area (Å²) in [5.74, 6) is 0. The minimum absolute atomic E-state index is 0. The van der Waals surface area contributed by atoms with Gasteiger partial charge in [-0.25, -0.2) is 4.70 Å². The monoisotopic (exact) mass is 1360 g/mol. The molecule has 3 rings (SSSR count). The van der Waals surface area contributed by atoms with Crippen molar-refractivity contribution in [2.75, 3.05) is 0 Å². The molecule has 2 nitrogen and oxygen atoms in total. The van der Waals surface area contributed by atoms with Gasteiger partial charge in [0, 0.05) is 22.3 Å². The molecule has 0 saturated carbocycles. The Hall–Kier alpha value is -1.82. The van der Waals surface area contributed by atoms with E-state index in [2.05, 4.69) is 104 Å². The van der Waals surface area contributed by atoms with E-state index < -0.39 is 0 Å². The average molecular weight is 1360 g/mol. The molecule has 2 aromatic rings. The Morgan fingerprint density at radius 3 is 0.728 bits per heavy atom. The number of rotatable bonds is 65. The fourth-order valence-electron chi connectivity index (χ4n) is 13.9. The largest absolute Gasteiger partial charge is 2.00 e. The Bertz CT molecular complexity index is 1810.